The van der Waals surface area contributed by atoms with E-state index in [0.717, 1.165) is 44.2 Å². The Morgan fingerprint density at radius 1 is 1.30 bits per heavy atom. The molecule has 3 heterocycles. The van der Waals surface area contributed by atoms with Crippen molar-refractivity contribution in [3.05, 3.63) is 46.5 Å². The number of rotatable bonds is 9. The fourth-order valence-corrected chi connectivity index (χ4v) is 4.08. The lowest BCUT2D eigenvalue weighted by molar-refractivity contribution is -0.108. The molecule has 0 radical (unpaired) electrons. The average Bonchev–Trinajstić information content (AvgIpc) is 2.79. The highest BCUT2D eigenvalue weighted by molar-refractivity contribution is 8.17. The van der Waals surface area contributed by atoms with Gasteiger partial charge in [0.25, 0.3) is 5.24 Å². The van der Waals surface area contributed by atoms with Crippen LogP contribution in [0.1, 0.15) is 31.2 Å². The lowest BCUT2D eigenvalue weighted by atomic mass is 9.97. The molecule has 2 aromatic rings. The molecule has 2 aromatic heterocycles. The average molecular weight is 475 g/mol. The van der Waals surface area contributed by atoms with Crippen LogP contribution in [0.3, 0.4) is 0 Å². The van der Waals surface area contributed by atoms with Crippen LogP contribution < -0.4 is 20.3 Å². The number of methoxy groups -OCH3 is 1. The highest BCUT2D eigenvalue weighted by atomic mass is 32.2. The number of allylic oxidation sites excluding steroid dienone is 1. The first-order chi connectivity index (χ1) is 16.0. The van der Waals surface area contributed by atoms with Crippen molar-refractivity contribution in [3.8, 4) is 5.88 Å². The molecule has 0 spiro atoms. The lowest BCUT2D eigenvalue weighted by Crippen LogP contribution is -2.38. The van der Waals surface area contributed by atoms with E-state index >= 15 is 0 Å². The second-order valence-corrected chi connectivity index (χ2v) is 8.77. The van der Waals surface area contributed by atoms with Gasteiger partial charge >= 0.3 is 0 Å². The van der Waals surface area contributed by atoms with Gasteiger partial charge in [-0.1, -0.05) is 6.07 Å². The number of pyridine rings is 1. The maximum Gasteiger partial charge on any atom is 0.289 e. The van der Waals surface area contributed by atoms with Gasteiger partial charge in [-0.05, 0) is 67.1 Å². The number of anilines is 1. The number of thioether (sulfide) groups is 1. The Hall–Kier alpha value is -3.05. The number of piperidine rings is 1. The van der Waals surface area contributed by atoms with E-state index in [1.807, 2.05) is 0 Å². The normalized spacial score (nSPS) is 14.8. The van der Waals surface area contributed by atoms with Crippen LogP contribution in [-0.2, 0) is 11.3 Å². The number of ether oxygens (including phenoxy) is 1. The summed E-state index contributed by atoms with van der Waals surface area (Å²) in [6, 6.07) is 6.50. The van der Waals surface area contributed by atoms with Gasteiger partial charge in [-0.15, -0.1) is 0 Å². The van der Waals surface area contributed by atoms with Gasteiger partial charge < -0.3 is 15.0 Å². The Morgan fingerprint density at radius 3 is 2.79 bits per heavy atom. The van der Waals surface area contributed by atoms with E-state index in [2.05, 4.69) is 30.5 Å². The number of amides is 2. The Kier molecular flexibility index (Phi) is 9.14. The Bertz CT molecular complexity index is 998. The van der Waals surface area contributed by atoms with Crippen LogP contribution in [0, 0.1) is 11.9 Å². The molecular weight excluding hydrogens is 447 g/mol. The molecule has 176 valence electrons. The van der Waals surface area contributed by atoms with Crippen molar-refractivity contribution in [3.63, 3.8) is 0 Å². The predicted molar refractivity (Wildman–Crippen MR) is 125 cm³/mol. The Morgan fingerprint density at radius 2 is 2.09 bits per heavy atom. The first kappa shape index (κ1) is 24.6. The summed E-state index contributed by atoms with van der Waals surface area (Å²) >= 11 is 0.914. The molecule has 0 unspecified atom stereocenters. The van der Waals surface area contributed by atoms with E-state index in [-0.39, 0.29) is 0 Å². The lowest BCUT2D eigenvalue weighted by Gasteiger charge is -2.32. The standard InChI is InChI=1S/C22H27FN6O3S/c1-15(33-22(31)25-14-30)10-18-11-20(32-2)28-21(27-18)29-8-6-16(7-9-29)12-24-13-17-4-3-5-19(23)26-17/h3-5,10-11,14,16,24H,6-9,12-13H2,1-2H3,(H,25,30,31)/b15-10-. The van der Waals surface area contributed by atoms with Crippen LogP contribution in [0.2, 0.25) is 0 Å². The maximum atomic E-state index is 13.2. The van der Waals surface area contributed by atoms with Crippen molar-refractivity contribution in [2.75, 3.05) is 31.6 Å². The van der Waals surface area contributed by atoms with E-state index in [1.54, 1.807) is 38.3 Å². The van der Waals surface area contributed by atoms with E-state index in [0.29, 0.717) is 47.0 Å². The van der Waals surface area contributed by atoms with E-state index in [4.69, 9.17) is 4.74 Å². The van der Waals surface area contributed by atoms with Crippen molar-refractivity contribution >= 4 is 35.4 Å². The Labute approximate surface area is 196 Å². The molecule has 0 bridgehead atoms. The summed E-state index contributed by atoms with van der Waals surface area (Å²) in [6.45, 7) is 4.74. The summed E-state index contributed by atoms with van der Waals surface area (Å²) in [7, 11) is 1.55. The largest absolute Gasteiger partial charge is 0.481 e. The number of carbonyl (C=O) groups is 2. The van der Waals surface area contributed by atoms with E-state index < -0.39 is 11.2 Å². The van der Waals surface area contributed by atoms with Gasteiger partial charge in [0.05, 0.1) is 18.5 Å². The minimum atomic E-state index is -0.465. The van der Waals surface area contributed by atoms with Crippen molar-refractivity contribution in [2.45, 2.75) is 26.3 Å². The number of nitrogens with zero attached hydrogens (tertiary/aromatic N) is 4. The molecule has 2 amide bonds. The van der Waals surface area contributed by atoms with Gasteiger partial charge in [0.2, 0.25) is 24.2 Å². The summed E-state index contributed by atoms with van der Waals surface area (Å²) in [5.74, 6) is 1.04. The van der Waals surface area contributed by atoms with Crippen LogP contribution in [0.15, 0.2) is 29.2 Å². The first-order valence-electron chi connectivity index (χ1n) is 10.6. The quantitative estimate of drug-likeness (QED) is 0.419. The van der Waals surface area contributed by atoms with Crippen LogP contribution in [0.25, 0.3) is 6.08 Å². The molecule has 11 heteroatoms. The molecule has 0 saturated carbocycles. The summed E-state index contributed by atoms with van der Waals surface area (Å²) in [5.41, 5.74) is 1.31. The number of halogens is 1. The molecule has 9 nitrogen and oxygen atoms in total. The summed E-state index contributed by atoms with van der Waals surface area (Å²) < 4.78 is 18.5. The fourth-order valence-electron chi connectivity index (χ4n) is 3.50. The number of hydrogen-bond donors (Lipinski definition) is 2. The molecule has 2 N–H and O–H groups in total. The fraction of sp³-hybridized carbons (Fsp3) is 0.409. The second-order valence-electron chi connectivity index (χ2n) is 7.55. The van der Waals surface area contributed by atoms with Crippen molar-refractivity contribution < 1.29 is 18.7 Å². The number of hydrogen-bond acceptors (Lipinski definition) is 9. The molecule has 1 aliphatic rings. The number of imide groups is 1. The first-order valence-corrected chi connectivity index (χ1v) is 11.4. The molecule has 0 atom stereocenters. The zero-order chi connectivity index (χ0) is 23.6. The third-order valence-corrected chi connectivity index (χ3v) is 5.85. The minimum Gasteiger partial charge on any atom is -0.481 e. The topological polar surface area (TPSA) is 109 Å². The summed E-state index contributed by atoms with van der Waals surface area (Å²) in [6.07, 6.45) is 4.04. The third kappa shape index (κ3) is 7.79. The molecule has 0 aliphatic carbocycles. The zero-order valence-corrected chi connectivity index (χ0v) is 19.4. The monoisotopic (exact) mass is 474 g/mol. The highest BCUT2D eigenvalue weighted by Gasteiger charge is 2.22. The summed E-state index contributed by atoms with van der Waals surface area (Å²) in [4.78, 5) is 37.7. The number of carbonyl (C=O) groups excluding carboxylic acids is 2. The Balaban J connectivity index is 1.56. The number of aromatic nitrogens is 3. The van der Waals surface area contributed by atoms with Crippen LogP contribution >= 0.6 is 11.8 Å². The van der Waals surface area contributed by atoms with Crippen LogP contribution in [-0.4, -0.2) is 53.3 Å². The molecular formula is C22H27FN6O3S. The van der Waals surface area contributed by atoms with Crippen LogP contribution in [0.4, 0.5) is 15.1 Å². The SMILES string of the molecule is COc1cc(/C=C(/C)SC(=O)NC=O)nc(N2CCC(CNCc3cccc(F)n3)CC2)n1. The molecule has 3 rings (SSSR count). The van der Waals surface area contributed by atoms with Crippen molar-refractivity contribution in [1.82, 2.24) is 25.6 Å². The highest BCUT2D eigenvalue weighted by Crippen LogP contribution is 2.25. The number of nitrogens with one attached hydrogen (secondary N) is 2. The third-order valence-electron chi connectivity index (χ3n) is 5.11. The van der Waals surface area contributed by atoms with E-state index in [9.17, 15) is 14.0 Å². The summed E-state index contributed by atoms with van der Waals surface area (Å²) in [5, 5.41) is 5.00. The van der Waals surface area contributed by atoms with Crippen LogP contribution in [0.5, 0.6) is 5.88 Å². The van der Waals surface area contributed by atoms with Gasteiger partial charge in [0.1, 0.15) is 0 Å². The van der Waals surface area contributed by atoms with Gasteiger partial charge in [-0.25, -0.2) is 9.97 Å². The van der Waals surface area contributed by atoms with Gasteiger partial charge in [-0.3, -0.25) is 14.9 Å². The van der Waals surface area contributed by atoms with Gasteiger partial charge in [-0.2, -0.15) is 9.37 Å². The molecule has 1 fully saturated rings. The zero-order valence-electron chi connectivity index (χ0n) is 18.6. The predicted octanol–water partition coefficient (Wildman–Crippen LogP) is 2.99. The molecule has 33 heavy (non-hydrogen) atoms. The van der Waals surface area contributed by atoms with Crippen molar-refractivity contribution in [2.24, 2.45) is 5.92 Å². The van der Waals surface area contributed by atoms with Gasteiger partial charge in [0.15, 0.2) is 0 Å². The maximum absolute atomic E-state index is 13.2. The minimum absolute atomic E-state index is 0.353. The van der Waals surface area contributed by atoms with Crippen molar-refractivity contribution in [1.29, 1.82) is 0 Å². The smallest absolute Gasteiger partial charge is 0.289 e. The van der Waals surface area contributed by atoms with E-state index in [1.165, 1.54) is 6.07 Å². The molecule has 1 aliphatic heterocycles. The van der Waals surface area contributed by atoms with Gasteiger partial charge in [0, 0.05) is 25.7 Å². The second kappa shape index (κ2) is 12.3. The molecule has 0 aromatic carbocycles. The molecule has 1 saturated heterocycles.